The van der Waals surface area contributed by atoms with Crippen LogP contribution in [0.5, 0.6) is 0 Å². The molecule has 1 atom stereocenters. The van der Waals surface area contributed by atoms with Crippen LogP contribution in [0.1, 0.15) is 67.2 Å². The quantitative estimate of drug-likeness (QED) is 0.712. The molecule has 19 heavy (non-hydrogen) atoms. The first kappa shape index (κ1) is 17.9. The maximum absolute atomic E-state index is 11.5. The van der Waals surface area contributed by atoms with Crippen LogP contribution >= 0.6 is 0 Å². The molecule has 0 aliphatic rings. The van der Waals surface area contributed by atoms with Crippen molar-refractivity contribution in [2.75, 3.05) is 6.54 Å². The molecule has 112 valence electrons. The Labute approximate surface area is 117 Å². The molecule has 0 radical (unpaired) electrons. The topological polar surface area (TPSA) is 58.2 Å². The lowest BCUT2D eigenvalue weighted by Gasteiger charge is -2.37. The molecule has 0 aromatic carbocycles. The van der Waals surface area contributed by atoms with Crippen LogP contribution in [0.4, 0.5) is 0 Å². The molecule has 0 saturated carbocycles. The van der Waals surface area contributed by atoms with E-state index in [-0.39, 0.29) is 22.8 Å². The Kier molecular flexibility index (Phi) is 7.09. The van der Waals surface area contributed by atoms with E-state index >= 15 is 0 Å². The summed E-state index contributed by atoms with van der Waals surface area (Å²) in [6.07, 6.45) is 2.81. The summed E-state index contributed by atoms with van der Waals surface area (Å²) in [6, 6.07) is 0. The van der Waals surface area contributed by atoms with E-state index in [1.807, 2.05) is 27.7 Å². The van der Waals surface area contributed by atoms with Gasteiger partial charge in [0.2, 0.25) is 11.8 Å². The van der Waals surface area contributed by atoms with Crippen molar-refractivity contribution in [2.45, 2.75) is 72.8 Å². The van der Waals surface area contributed by atoms with Gasteiger partial charge in [-0.15, -0.1) is 0 Å². The molecule has 0 rings (SSSR count). The van der Waals surface area contributed by atoms with Gasteiger partial charge in [-0.1, -0.05) is 27.7 Å². The minimum atomic E-state index is -0.255. The smallest absolute Gasteiger partial charge is 0.220 e. The fraction of sp³-hybridized carbons (Fsp3) is 0.867. The summed E-state index contributed by atoms with van der Waals surface area (Å²) in [4.78, 5) is 22.9. The Balaban J connectivity index is 4.58. The lowest BCUT2D eigenvalue weighted by atomic mass is 9.76. The van der Waals surface area contributed by atoms with Gasteiger partial charge in [-0.05, 0) is 32.1 Å². The zero-order valence-electron chi connectivity index (χ0n) is 13.4. The number of carbonyl (C=O) groups excluding carboxylic acids is 2. The van der Waals surface area contributed by atoms with Gasteiger partial charge in [-0.3, -0.25) is 9.59 Å². The van der Waals surface area contributed by atoms with Crippen molar-refractivity contribution in [3.63, 3.8) is 0 Å². The van der Waals surface area contributed by atoms with Crippen LogP contribution in [0.25, 0.3) is 0 Å². The van der Waals surface area contributed by atoms with Crippen molar-refractivity contribution < 1.29 is 9.59 Å². The highest BCUT2D eigenvalue weighted by molar-refractivity contribution is 5.76. The molecule has 0 aromatic rings. The molecule has 2 N–H and O–H groups in total. The number of hydrogen-bond acceptors (Lipinski definition) is 2. The molecule has 0 aromatic heterocycles. The first-order valence-corrected chi connectivity index (χ1v) is 7.25. The van der Waals surface area contributed by atoms with Crippen LogP contribution in [0, 0.1) is 5.41 Å². The number of amides is 2. The number of rotatable bonds is 8. The van der Waals surface area contributed by atoms with Crippen molar-refractivity contribution >= 4 is 11.8 Å². The molecule has 1 unspecified atom stereocenters. The SMILES string of the molecule is CCC(=O)NCC(C)(CC)CC(C)(C)NC(=O)CC. The third-order valence-electron chi connectivity index (χ3n) is 3.55. The van der Waals surface area contributed by atoms with Gasteiger partial charge in [0.1, 0.15) is 0 Å². The van der Waals surface area contributed by atoms with Crippen LogP contribution in [0.3, 0.4) is 0 Å². The zero-order chi connectivity index (χ0) is 15.1. The van der Waals surface area contributed by atoms with Crippen LogP contribution in [-0.2, 0) is 9.59 Å². The molecule has 0 heterocycles. The highest BCUT2D eigenvalue weighted by atomic mass is 16.2. The van der Waals surface area contributed by atoms with Gasteiger partial charge in [-0.2, -0.15) is 0 Å². The normalized spacial score (nSPS) is 14.6. The van der Waals surface area contributed by atoms with Gasteiger partial charge in [0.15, 0.2) is 0 Å². The van der Waals surface area contributed by atoms with E-state index < -0.39 is 0 Å². The highest BCUT2D eigenvalue weighted by Crippen LogP contribution is 2.31. The standard InChI is InChI=1S/C15H30N2O2/c1-7-12(18)16-11-15(6,9-3)10-14(4,5)17-13(19)8-2/h7-11H2,1-6H3,(H,16,18)(H,17,19). The van der Waals surface area contributed by atoms with E-state index in [0.29, 0.717) is 19.4 Å². The van der Waals surface area contributed by atoms with Gasteiger partial charge in [0.05, 0.1) is 0 Å². The average Bonchev–Trinajstić information content (AvgIpc) is 2.34. The number of hydrogen-bond donors (Lipinski definition) is 2. The van der Waals surface area contributed by atoms with E-state index in [0.717, 1.165) is 12.8 Å². The Bertz CT molecular complexity index is 313. The fourth-order valence-corrected chi connectivity index (χ4v) is 2.33. The predicted octanol–water partition coefficient (Wildman–Crippen LogP) is 2.62. The fourth-order valence-electron chi connectivity index (χ4n) is 2.33. The van der Waals surface area contributed by atoms with Gasteiger partial charge in [0, 0.05) is 24.9 Å². The third kappa shape index (κ3) is 7.19. The summed E-state index contributed by atoms with van der Waals surface area (Å²) in [6.45, 7) is 12.7. The second-order valence-electron chi connectivity index (χ2n) is 6.26. The van der Waals surface area contributed by atoms with Crippen molar-refractivity contribution in [1.29, 1.82) is 0 Å². The minimum absolute atomic E-state index is 0.00461. The highest BCUT2D eigenvalue weighted by Gasteiger charge is 2.32. The molecule has 0 aliphatic carbocycles. The molecule has 0 saturated heterocycles. The zero-order valence-corrected chi connectivity index (χ0v) is 13.4. The monoisotopic (exact) mass is 270 g/mol. The van der Waals surface area contributed by atoms with Crippen molar-refractivity contribution in [3.8, 4) is 0 Å². The predicted molar refractivity (Wildman–Crippen MR) is 78.8 cm³/mol. The summed E-state index contributed by atoms with van der Waals surface area (Å²) < 4.78 is 0. The van der Waals surface area contributed by atoms with Crippen LogP contribution in [0.2, 0.25) is 0 Å². The summed E-state index contributed by atoms with van der Waals surface area (Å²) in [7, 11) is 0. The van der Waals surface area contributed by atoms with Crippen LogP contribution in [0.15, 0.2) is 0 Å². The van der Waals surface area contributed by atoms with Gasteiger partial charge in [-0.25, -0.2) is 0 Å². The molecular formula is C15H30N2O2. The lowest BCUT2D eigenvalue weighted by molar-refractivity contribution is -0.123. The maximum atomic E-state index is 11.5. The number of nitrogens with one attached hydrogen (secondary N) is 2. The van der Waals surface area contributed by atoms with E-state index in [1.54, 1.807) is 0 Å². The maximum Gasteiger partial charge on any atom is 0.220 e. The summed E-state index contributed by atoms with van der Waals surface area (Å²) in [5.41, 5.74) is -0.260. The average molecular weight is 270 g/mol. The number of carbonyl (C=O) groups is 2. The lowest BCUT2D eigenvalue weighted by Crippen LogP contribution is -2.48. The van der Waals surface area contributed by atoms with Crippen molar-refractivity contribution in [1.82, 2.24) is 10.6 Å². The summed E-state index contributed by atoms with van der Waals surface area (Å²) in [5.74, 6) is 0.149. The molecule has 0 bridgehead atoms. The second kappa shape index (κ2) is 7.51. The Hall–Kier alpha value is -1.06. The largest absolute Gasteiger partial charge is 0.356 e. The minimum Gasteiger partial charge on any atom is -0.356 e. The van der Waals surface area contributed by atoms with Crippen LogP contribution in [-0.4, -0.2) is 23.9 Å². The summed E-state index contributed by atoms with van der Waals surface area (Å²) in [5, 5.41) is 6.01. The molecule has 4 heteroatoms. The Morgan fingerprint density at radius 1 is 0.947 bits per heavy atom. The van der Waals surface area contributed by atoms with Crippen molar-refractivity contribution in [3.05, 3.63) is 0 Å². The molecular weight excluding hydrogens is 240 g/mol. The molecule has 2 amide bonds. The van der Waals surface area contributed by atoms with Crippen molar-refractivity contribution in [2.24, 2.45) is 5.41 Å². The molecule has 4 nitrogen and oxygen atoms in total. The Morgan fingerprint density at radius 2 is 1.47 bits per heavy atom. The van der Waals surface area contributed by atoms with Crippen LogP contribution < -0.4 is 10.6 Å². The van der Waals surface area contributed by atoms with Gasteiger partial charge < -0.3 is 10.6 Å². The molecule has 0 spiro atoms. The van der Waals surface area contributed by atoms with E-state index in [9.17, 15) is 9.59 Å². The van der Waals surface area contributed by atoms with Gasteiger partial charge in [0.25, 0.3) is 0 Å². The van der Waals surface area contributed by atoms with E-state index in [2.05, 4.69) is 24.5 Å². The summed E-state index contributed by atoms with van der Waals surface area (Å²) >= 11 is 0. The van der Waals surface area contributed by atoms with Gasteiger partial charge >= 0.3 is 0 Å². The van der Waals surface area contributed by atoms with E-state index in [4.69, 9.17) is 0 Å². The molecule has 0 fully saturated rings. The third-order valence-corrected chi connectivity index (χ3v) is 3.55. The second-order valence-corrected chi connectivity index (χ2v) is 6.26. The first-order chi connectivity index (χ1) is 8.68. The Morgan fingerprint density at radius 3 is 1.89 bits per heavy atom. The van der Waals surface area contributed by atoms with E-state index in [1.165, 1.54) is 0 Å². The molecule has 0 aliphatic heterocycles. The first-order valence-electron chi connectivity index (χ1n) is 7.25.